The van der Waals surface area contributed by atoms with Gasteiger partial charge in [0.2, 0.25) is 0 Å². The summed E-state index contributed by atoms with van der Waals surface area (Å²) in [6.45, 7) is 0. The molecule has 0 fully saturated rings. The third-order valence-corrected chi connectivity index (χ3v) is 0. The molecule has 0 aromatic rings. The molecular weight excluding hydrogens is 126 g/mol. The van der Waals surface area contributed by atoms with Crippen LogP contribution in [0.15, 0.2) is 0 Å². The molecule has 38 valence electrons. The van der Waals surface area contributed by atoms with Crippen molar-refractivity contribution >= 4 is 29.2 Å². The van der Waals surface area contributed by atoms with Crippen molar-refractivity contribution < 1.29 is 21.1 Å². The Morgan fingerprint density at radius 2 is 0.833 bits per heavy atom. The first-order valence-corrected chi connectivity index (χ1v) is 0.507. The van der Waals surface area contributed by atoms with Crippen LogP contribution < -0.4 is 0 Å². The average molecular weight is 130 g/mol. The van der Waals surface area contributed by atoms with E-state index in [1.165, 1.54) is 0 Å². The topological polar surface area (TPSA) is 110 Å². The van der Waals surface area contributed by atoms with E-state index in [1.54, 1.807) is 0 Å². The van der Waals surface area contributed by atoms with Crippen LogP contribution >= 0.6 is 11.9 Å². The third kappa shape index (κ3) is 143. The van der Waals surface area contributed by atoms with Gasteiger partial charge in [0.15, 0.2) is 0 Å². The van der Waals surface area contributed by atoms with Crippen LogP contribution in [0.1, 0.15) is 0 Å². The van der Waals surface area contributed by atoms with Crippen molar-refractivity contribution in [1.29, 1.82) is 0 Å². The van der Waals surface area contributed by atoms with E-state index in [9.17, 15) is 0 Å². The molecule has 0 saturated heterocycles. The van der Waals surface area contributed by atoms with Crippen molar-refractivity contribution in [3.8, 4) is 0 Å². The van der Waals surface area contributed by atoms with E-state index in [1.807, 2.05) is 0 Å². The Labute approximate surface area is 51.0 Å². The van der Waals surface area contributed by atoms with Gasteiger partial charge in [-0.2, -0.15) is 0 Å². The minimum atomic E-state index is 0. The van der Waals surface area contributed by atoms with E-state index in [4.69, 9.17) is 4.66 Å². The molecule has 0 saturated carbocycles. The zero-order chi connectivity index (χ0) is 2.00. The molecule has 0 rings (SSSR count). The van der Waals surface area contributed by atoms with Crippen LogP contribution in [0.2, 0.25) is 0 Å². The molecule has 0 atom stereocenters. The van der Waals surface area contributed by atoms with E-state index in [0.717, 1.165) is 0 Å². The molecule has 0 spiro atoms. The van der Waals surface area contributed by atoms with Crippen molar-refractivity contribution in [2.45, 2.75) is 0 Å². The number of hydrogen-bond donors (Lipinski definition) is 1. The molecule has 0 aliphatic rings. The van der Waals surface area contributed by atoms with Crippen LogP contribution in [0, 0.1) is 0 Å². The van der Waals surface area contributed by atoms with Crippen LogP contribution in [0.3, 0.4) is 0 Å². The molecule has 0 radical (unpaired) electrons. The Balaban J connectivity index is -0.000000000833. The van der Waals surface area contributed by atoms with E-state index in [2.05, 4.69) is 11.9 Å². The minimum Gasteiger partial charge on any atom is -0.870 e. The fraction of sp³-hybridized carbons (Fsp3) is 0. The van der Waals surface area contributed by atoms with E-state index >= 15 is 0 Å². The fourth-order valence-electron chi connectivity index (χ4n) is 0. The van der Waals surface area contributed by atoms with Gasteiger partial charge in [-0.25, -0.2) is 0 Å². The first kappa shape index (κ1) is 77.3. The van der Waals surface area contributed by atoms with E-state index < -0.39 is 0 Å². The summed E-state index contributed by atoms with van der Waals surface area (Å²) in [5.41, 5.74) is 0. The minimum absolute atomic E-state index is 0. The Kier molecular flexibility index (Phi) is 3610. The molecule has 0 aliphatic carbocycles. The Bertz CT molecular complexity index is 7.51. The average Bonchev–Trinajstić information content (AvgIpc) is 1.00. The van der Waals surface area contributed by atoms with Gasteiger partial charge in [-0.15, -0.1) is 0 Å². The molecule has 6 heteroatoms. The van der Waals surface area contributed by atoms with Crippen LogP contribution in [-0.2, 0) is 0 Å². The Hall–Kier alpha value is 0.662. The SMILES string of the molecule is OCl.[Al+3].[OH-].[OH-].[OH-]. The summed E-state index contributed by atoms with van der Waals surface area (Å²) < 4.78 is 6.47. The maximum absolute atomic E-state index is 6.47. The monoisotopic (exact) mass is 130 g/mol. The summed E-state index contributed by atoms with van der Waals surface area (Å²) in [5, 5.41) is 0. The smallest absolute Gasteiger partial charge is 0.870 e. The molecule has 4 N–H and O–H groups in total. The predicted octanol–water partition coefficient (Wildman–Crippen LogP) is -0.779. The van der Waals surface area contributed by atoms with Crippen molar-refractivity contribution in [3.63, 3.8) is 0 Å². The van der Waals surface area contributed by atoms with E-state index in [-0.39, 0.29) is 33.8 Å². The molecule has 0 aliphatic heterocycles. The summed E-state index contributed by atoms with van der Waals surface area (Å²) >= 11 is 3.64. The van der Waals surface area contributed by atoms with Crippen molar-refractivity contribution in [2.75, 3.05) is 0 Å². The van der Waals surface area contributed by atoms with Gasteiger partial charge in [0, 0.05) is 0 Å². The fourth-order valence-corrected chi connectivity index (χ4v) is 0. The molecule has 6 heavy (non-hydrogen) atoms. The molecule has 0 heterocycles. The Morgan fingerprint density at radius 3 is 0.833 bits per heavy atom. The largest absolute Gasteiger partial charge is 3.00 e. The third-order valence-electron chi connectivity index (χ3n) is 0. The molecule has 0 unspecified atom stereocenters. The molecule has 4 nitrogen and oxygen atoms in total. The number of halogens is 1. The summed E-state index contributed by atoms with van der Waals surface area (Å²) in [6.07, 6.45) is 0. The first-order chi connectivity index (χ1) is 1.00. The summed E-state index contributed by atoms with van der Waals surface area (Å²) in [7, 11) is 0. The molecule has 0 bridgehead atoms. The van der Waals surface area contributed by atoms with Crippen LogP contribution in [0.5, 0.6) is 0 Å². The van der Waals surface area contributed by atoms with Gasteiger partial charge in [0.05, 0.1) is 11.9 Å². The normalized spacial score (nSPS) is 1.00. The zero-order valence-corrected chi connectivity index (χ0v) is 4.65. The number of hydrogen-bond acceptors (Lipinski definition) is 4. The van der Waals surface area contributed by atoms with Crippen molar-refractivity contribution in [3.05, 3.63) is 0 Å². The molecule has 0 aromatic carbocycles. The van der Waals surface area contributed by atoms with Gasteiger partial charge in [-0.1, -0.05) is 0 Å². The van der Waals surface area contributed by atoms with Crippen LogP contribution in [0.25, 0.3) is 0 Å². The second-order valence-corrected chi connectivity index (χ2v) is 0. The molecule has 0 amide bonds. The first-order valence-electron chi connectivity index (χ1n) is 0.169. The summed E-state index contributed by atoms with van der Waals surface area (Å²) in [4.78, 5) is 0. The predicted molar refractivity (Wildman–Crippen MR) is 19.6 cm³/mol. The van der Waals surface area contributed by atoms with Gasteiger partial charge in [0.1, 0.15) is 0 Å². The van der Waals surface area contributed by atoms with E-state index in [0.29, 0.717) is 0 Å². The Morgan fingerprint density at radius 1 is 0.833 bits per heavy atom. The number of rotatable bonds is 0. The molecule has 0 aromatic heterocycles. The summed E-state index contributed by atoms with van der Waals surface area (Å²) in [5.74, 6) is 0. The van der Waals surface area contributed by atoms with Gasteiger partial charge in [-0.3, -0.25) is 4.66 Å². The van der Waals surface area contributed by atoms with Gasteiger partial charge in [0.25, 0.3) is 0 Å². The second kappa shape index (κ2) is 280. The van der Waals surface area contributed by atoms with Gasteiger partial charge in [-0.05, 0) is 0 Å². The zero-order valence-electron chi connectivity index (χ0n) is 2.74. The van der Waals surface area contributed by atoms with Gasteiger partial charge < -0.3 is 16.4 Å². The van der Waals surface area contributed by atoms with Gasteiger partial charge >= 0.3 is 17.4 Å². The standard InChI is InChI=1S/Al.ClHO.3H2O/c;1-2;;;/h;2H;3*1H2/q+3;;;;/p-3. The maximum atomic E-state index is 6.47. The van der Waals surface area contributed by atoms with Crippen LogP contribution in [0.4, 0.5) is 0 Å². The van der Waals surface area contributed by atoms with Crippen molar-refractivity contribution in [2.24, 2.45) is 0 Å². The quantitative estimate of drug-likeness (QED) is 0.434. The van der Waals surface area contributed by atoms with Crippen LogP contribution in [-0.4, -0.2) is 38.4 Å². The molecular formula is H4AlClO4. The van der Waals surface area contributed by atoms with Crippen molar-refractivity contribution in [1.82, 2.24) is 0 Å². The maximum Gasteiger partial charge on any atom is 3.00 e. The summed E-state index contributed by atoms with van der Waals surface area (Å²) in [6, 6.07) is 0. The second-order valence-electron chi connectivity index (χ2n) is 0.